The van der Waals surface area contributed by atoms with Gasteiger partial charge in [-0.2, -0.15) is 0 Å². The minimum absolute atomic E-state index is 0.335. The minimum atomic E-state index is -0.866. The highest BCUT2D eigenvalue weighted by atomic mass is 32.2. The second kappa shape index (κ2) is 9.39. The Bertz CT molecular complexity index is 758. The molecule has 0 spiro atoms. The first-order chi connectivity index (χ1) is 12.0. The Balaban J connectivity index is 2.01. The summed E-state index contributed by atoms with van der Waals surface area (Å²) in [6, 6.07) is 7.24. The number of carbonyl (C=O) groups excluding carboxylic acids is 2. The maximum absolute atomic E-state index is 12.4. The lowest BCUT2D eigenvalue weighted by molar-refractivity contribution is -0.128. The molecule has 2 rings (SSSR count). The molecule has 0 saturated heterocycles. The average molecular weight is 377 g/mol. The smallest absolute Gasteiger partial charge is 0.339 e. The van der Waals surface area contributed by atoms with Gasteiger partial charge in [0.2, 0.25) is 0 Å². The van der Waals surface area contributed by atoms with Crippen molar-refractivity contribution in [1.29, 1.82) is 0 Å². The van der Waals surface area contributed by atoms with Crippen LogP contribution in [-0.2, 0) is 15.3 Å². The fourth-order valence-electron chi connectivity index (χ4n) is 1.98. The predicted octanol–water partition coefficient (Wildman–Crippen LogP) is 3.59. The van der Waals surface area contributed by atoms with E-state index in [1.165, 1.54) is 0 Å². The van der Waals surface area contributed by atoms with E-state index in [-0.39, 0.29) is 5.91 Å². The van der Waals surface area contributed by atoms with E-state index in [0.717, 1.165) is 15.6 Å². The fourth-order valence-corrected chi connectivity index (χ4v) is 3.83. The van der Waals surface area contributed by atoms with Crippen molar-refractivity contribution >= 4 is 35.0 Å². The Hall–Kier alpha value is -2.12. The number of ether oxygens (including phenoxy) is 1. The van der Waals surface area contributed by atoms with Gasteiger partial charge in [-0.1, -0.05) is 36.0 Å². The molecule has 5 nitrogen and oxygen atoms in total. The number of hydrogen-bond acceptors (Lipinski definition) is 6. The van der Waals surface area contributed by atoms with E-state index in [4.69, 9.17) is 4.74 Å². The van der Waals surface area contributed by atoms with Crippen LogP contribution in [0.4, 0.5) is 0 Å². The molecule has 1 aromatic heterocycles. The molecule has 0 unspecified atom stereocenters. The second-order valence-corrected chi connectivity index (χ2v) is 7.36. The maximum Gasteiger partial charge on any atom is 0.339 e. The van der Waals surface area contributed by atoms with E-state index < -0.39 is 12.1 Å². The summed E-state index contributed by atoms with van der Waals surface area (Å²) in [5, 5.41) is 4.60. The van der Waals surface area contributed by atoms with Crippen LogP contribution in [0.2, 0.25) is 0 Å². The molecular formula is C18H20N2O3S2. The lowest BCUT2D eigenvalue weighted by atomic mass is 10.1. The number of thiazole rings is 1. The van der Waals surface area contributed by atoms with Gasteiger partial charge in [0, 0.05) is 23.4 Å². The van der Waals surface area contributed by atoms with Crippen LogP contribution in [0.15, 0.2) is 46.6 Å². The van der Waals surface area contributed by atoms with Crippen molar-refractivity contribution in [2.75, 3.05) is 6.54 Å². The van der Waals surface area contributed by atoms with Crippen LogP contribution in [0.25, 0.3) is 0 Å². The van der Waals surface area contributed by atoms with Gasteiger partial charge >= 0.3 is 5.97 Å². The standard InChI is InChI=1S/C18H20N2O3S2/c1-4-9-19-16(21)13(3)23-17(22)15-8-6-5-7-14(15)11-25-18-20-12(2)10-24-18/h4-8,10,13H,1,9,11H2,2-3H3,(H,19,21)/t13-/m0/s1. The second-order valence-electron chi connectivity index (χ2n) is 5.28. The molecule has 7 heteroatoms. The topological polar surface area (TPSA) is 68.3 Å². The third-order valence-electron chi connectivity index (χ3n) is 3.26. The van der Waals surface area contributed by atoms with Gasteiger partial charge in [-0.25, -0.2) is 9.78 Å². The van der Waals surface area contributed by atoms with Crippen molar-refractivity contribution in [1.82, 2.24) is 10.3 Å². The van der Waals surface area contributed by atoms with Crippen molar-refractivity contribution in [2.45, 2.75) is 30.0 Å². The van der Waals surface area contributed by atoms with E-state index in [0.29, 0.717) is 17.9 Å². The maximum atomic E-state index is 12.4. The molecule has 0 aliphatic carbocycles. The number of nitrogens with zero attached hydrogens (tertiary/aromatic N) is 1. The highest BCUT2D eigenvalue weighted by Crippen LogP contribution is 2.27. The zero-order chi connectivity index (χ0) is 18.2. The number of rotatable bonds is 8. The van der Waals surface area contributed by atoms with Gasteiger partial charge in [0.15, 0.2) is 6.10 Å². The number of carbonyl (C=O) groups is 2. The summed E-state index contributed by atoms with van der Waals surface area (Å²) in [7, 11) is 0. The summed E-state index contributed by atoms with van der Waals surface area (Å²) < 4.78 is 6.24. The Morgan fingerprint density at radius 3 is 2.88 bits per heavy atom. The first-order valence-corrected chi connectivity index (χ1v) is 9.60. The zero-order valence-electron chi connectivity index (χ0n) is 14.2. The third kappa shape index (κ3) is 5.72. The van der Waals surface area contributed by atoms with Crippen LogP contribution in [0.1, 0.15) is 28.5 Å². The van der Waals surface area contributed by atoms with Gasteiger partial charge < -0.3 is 10.1 Å². The Kier molecular flexibility index (Phi) is 7.21. The predicted molar refractivity (Wildman–Crippen MR) is 101 cm³/mol. The summed E-state index contributed by atoms with van der Waals surface area (Å²) in [6.45, 7) is 7.36. The van der Waals surface area contributed by atoms with Crippen LogP contribution in [0.5, 0.6) is 0 Å². The molecule has 1 aromatic carbocycles. The van der Waals surface area contributed by atoms with Crippen LogP contribution in [0.3, 0.4) is 0 Å². The Morgan fingerprint density at radius 2 is 2.20 bits per heavy atom. The summed E-state index contributed by atoms with van der Waals surface area (Å²) >= 11 is 3.15. The fraction of sp³-hybridized carbons (Fsp3) is 0.278. The molecule has 0 fully saturated rings. The molecule has 1 N–H and O–H groups in total. The van der Waals surface area contributed by atoms with Gasteiger partial charge in [-0.05, 0) is 25.5 Å². The monoisotopic (exact) mass is 376 g/mol. The first kappa shape index (κ1) is 19.2. The Morgan fingerprint density at radius 1 is 1.44 bits per heavy atom. The van der Waals surface area contributed by atoms with E-state index in [1.807, 2.05) is 24.4 Å². The van der Waals surface area contributed by atoms with Gasteiger partial charge in [-0.3, -0.25) is 4.79 Å². The highest BCUT2D eigenvalue weighted by Gasteiger charge is 2.20. The first-order valence-electron chi connectivity index (χ1n) is 7.73. The van der Waals surface area contributed by atoms with Gasteiger partial charge in [0.1, 0.15) is 4.34 Å². The normalized spacial score (nSPS) is 11.6. The molecule has 1 atom stereocenters. The highest BCUT2D eigenvalue weighted by molar-refractivity contribution is 8.00. The molecule has 132 valence electrons. The molecule has 2 aromatic rings. The van der Waals surface area contributed by atoms with E-state index in [9.17, 15) is 9.59 Å². The number of esters is 1. The number of aromatic nitrogens is 1. The summed E-state index contributed by atoms with van der Waals surface area (Å²) in [6.07, 6.45) is 0.703. The van der Waals surface area contributed by atoms with E-state index >= 15 is 0 Å². The molecule has 1 heterocycles. The minimum Gasteiger partial charge on any atom is -0.449 e. The van der Waals surface area contributed by atoms with Crippen molar-refractivity contribution in [3.63, 3.8) is 0 Å². The number of amides is 1. The van der Waals surface area contributed by atoms with Crippen LogP contribution < -0.4 is 5.32 Å². The SMILES string of the molecule is C=CCNC(=O)[C@H](C)OC(=O)c1ccccc1CSc1nc(C)cs1. The quantitative estimate of drug-likeness (QED) is 0.433. The van der Waals surface area contributed by atoms with Crippen LogP contribution in [0, 0.1) is 6.92 Å². The molecule has 0 bridgehead atoms. The van der Waals surface area contributed by atoms with Crippen molar-refractivity contribution in [3.8, 4) is 0 Å². The van der Waals surface area contributed by atoms with Crippen LogP contribution in [-0.4, -0.2) is 29.5 Å². The molecule has 1 amide bonds. The number of thioether (sulfide) groups is 1. The lowest BCUT2D eigenvalue weighted by Gasteiger charge is -2.14. The largest absolute Gasteiger partial charge is 0.449 e. The molecule has 0 aliphatic rings. The molecular weight excluding hydrogens is 356 g/mol. The summed E-state index contributed by atoms with van der Waals surface area (Å²) in [5.41, 5.74) is 2.30. The molecule has 0 aliphatic heterocycles. The zero-order valence-corrected chi connectivity index (χ0v) is 15.8. The van der Waals surface area contributed by atoms with Gasteiger partial charge in [0.25, 0.3) is 5.91 Å². The molecule has 25 heavy (non-hydrogen) atoms. The summed E-state index contributed by atoms with van der Waals surface area (Å²) in [5.74, 6) is -0.249. The van der Waals surface area contributed by atoms with Gasteiger partial charge in [-0.15, -0.1) is 17.9 Å². The van der Waals surface area contributed by atoms with Crippen molar-refractivity contribution in [2.24, 2.45) is 0 Å². The lowest BCUT2D eigenvalue weighted by Crippen LogP contribution is -2.36. The van der Waals surface area contributed by atoms with Crippen molar-refractivity contribution in [3.05, 3.63) is 59.1 Å². The van der Waals surface area contributed by atoms with Gasteiger partial charge in [0.05, 0.1) is 5.56 Å². The number of nitrogens with one attached hydrogen (secondary N) is 1. The Labute approximate surface area is 155 Å². The van der Waals surface area contributed by atoms with E-state index in [1.54, 1.807) is 48.2 Å². The van der Waals surface area contributed by atoms with Crippen LogP contribution >= 0.6 is 23.1 Å². The molecule has 0 radical (unpaired) electrons. The third-order valence-corrected chi connectivity index (χ3v) is 5.45. The van der Waals surface area contributed by atoms with Crippen molar-refractivity contribution < 1.29 is 14.3 Å². The number of aryl methyl sites for hydroxylation is 1. The summed E-state index contributed by atoms with van der Waals surface area (Å²) in [4.78, 5) is 28.6. The number of benzene rings is 1. The number of hydrogen-bond donors (Lipinski definition) is 1. The van der Waals surface area contributed by atoms with E-state index in [2.05, 4.69) is 16.9 Å². The average Bonchev–Trinajstić information content (AvgIpc) is 3.03. The molecule has 0 saturated carbocycles.